The van der Waals surface area contributed by atoms with Gasteiger partial charge in [-0.05, 0) is 78.6 Å². The summed E-state index contributed by atoms with van der Waals surface area (Å²) in [6.07, 6.45) is 1.17. The van der Waals surface area contributed by atoms with E-state index in [-0.39, 0.29) is 39.9 Å². The van der Waals surface area contributed by atoms with E-state index in [9.17, 15) is 27.5 Å². The van der Waals surface area contributed by atoms with Crippen molar-refractivity contribution in [1.82, 2.24) is 4.98 Å². The Morgan fingerprint density at radius 1 is 1.03 bits per heavy atom. The first-order valence-electron chi connectivity index (χ1n) is 11.9. The molecule has 0 spiro atoms. The van der Waals surface area contributed by atoms with Gasteiger partial charge in [-0.3, -0.25) is 9.59 Å². The molecule has 1 amide bonds. The van der Waals surface area contributed by atoms with E-state index in [1.54, 1.807) is 37.3 Å². The number of anilines is 1. The number of amides is 1. The molecule has 4 aromatic rings. The third kappa shape index (κ3) is 5.10. The van der Waals surface area contributed by atoms with Gasteiger partial charge in [0.1, 0.15) is 5.82 Å². The van der Waals surface area contributed by atoms with Crippen molar-refractivity contribution in [2.24, 2.45) is 0 Å². The zero-order chi connectivity index (χ0) is 27.9. The molecule has 0 atom stereocenters. The van der Waals surface area contributed by atoms with Gasteiger partial charge in [0.15, 0.2) is 0 Å². The maximum Gasteiger partial charge on any atom is 0.303 e. The summed E-state index contributed by atoms with van der Waals surface area (Å²) in [4.78, 5) is 27.4. The first kappa shape index (κ1) is 26.4. The van der Waals surface area contributed by atoms with Crippen LogP contribution in [-0.4, -0.2) is 30.4 Å². The summed E-state index contributed by atoms with van der Waals surface area (Å²) in [5.74, 6) is -1.82. The number of hydrogen-bond donors (Lipinski definition) is 3. The average molecular weight is 565 g/mol. The standard InChI is InChI=1S/C29H22ClFN2O5S/c1-16-28(39(37,38)21-9-5-19(30)6-10-21)23(12-13-27(34)35)26(32-16)15-24-22-11-4-18(14-25(22)33-29(24)36)17-2-7-20(31)8-3-17/h2-11,14-15,32H,12-13H2,1H3,(H,33,36)(H,34,35). The number of hydrogen-bond acceptors (Lipinski definition) is 4. The Morgan fingerprint density at radius 2 is 1.69 bits per heavy atom. The molecule has 3 aromatic carbocycles. The fourth-order valence-electron chi connectivity index (χ4n) is 4.69. The number of benzene rings is 3. The van der Waals surface area contributed by atoms with Crippen LogP contribution >= 0.6 is 11.6 Å². The second kappa shape index (κ2) is 10.2. The van der Waals surface area contributed by atoms with Crippen molar-refractivity contribution in [3.05, 3.63) is 100 Å². The number of aryl methyl sites for hydroxylation is 1. The van der Waals surface area contributed by atoms with E-state index < -0.39 is 15.8 Å². The number of rotatable bonds is 7. The maximum atomic E-state index is 13.6. The molecule has 1 aliphatic rings. The lowest BCUT2D eigenvalue weighted by Gasteiger charge is -2.08. The third-order valence-corrected chi connectivity index (χ3v) is 8.75. The van der Waals surface area contributed by atoms with Crippen molar-refractivity contribution in [3.63, 3.8) is 0 Å². The van der Waals surface area contributed by atoms with Crippen LogP contribution in [0.4, 0.5) is 10.1 Å². The Morgan fingerprint density at radius 3 is 2.36 bits per heavy atom. The summed E-state index contributed by atoms with van der Waals surface area (Å²) in [5, 5.41) is 12.5. The van der Waals surface area contributed by atoms with Crippen molar-refractivity contribution in [2.45, 2.75) is 29.6 Å². The summed E-state index contributed by atoms with van der Waals surface area (Å²) in [5.41, 5.74) is 3.94. The number of sulfone groups is 1. The fraction of sp³-hybridized carbons (Fsp3) is 0.103. The lowest BCUT2D eigenvalue weighted by molar-refractivity contribution is -0.137. The summed E-state index contributed by atoms with van der Waals surface area (Å²) >= 11 is 5.93. The van der Waals surface area contributed by atoms with Gasteiger partial charge in [0.2, 0.25) is 9.84 Å². The molecular weight excluding hydrogens is 543 g/mol. The van der Waals surface area contributed by atoms with Gasteiger partial charge in [-0.25, -0.2) is 12.8 Å². The number of carbonyl (C=O) groups is 2. The van der Waals surface area contributed by atoms with Crippen LogP contribution < -0.4 is 5.32 Å². The molecular formula is C29H22ClFN2O5S. The Labute approximate surface area is 228 Å². The predicted molar refractivity (Wildman–Crippen MR) is 147 cm³/mol. The third-order valence-electron chi connectivity index (χ3n) is 6.51. The summed E-state index contributed by atoms with van der Waals surface area (Å²) in [7, 11) is -4.03. The quantitative estimate of drug-likeness (QED) is 0.234. The highest BCUT2D eigenvalue weighted by Crippen LogP contribution is 2.38. The van der Waals surface area contributed by atoms with Gasteiger partial charge in [0.05, 0.1) is 15.4 Å². The number of carboxylic acid groups (broad SMARTS) is 1. The van der Waals surface area contributed by atoms with Crippen LogP contribution in [0.1, 0.15) is 28.9 Å². The first-order valence-corrected chi connectivity index (χ1v) is 13.8. The van der Waals surface area contributed by atoms with E-state index in [2.05, 4.69) is 10.3 Å². The molecule has 0 bridgehead atoms. The van der Waals surface area contributed by atoms with E-state index in [0.29, 0.717) is 33.2 Å². The number of nitrogens with one attached hydrogen (secondary N) is 2. The molecule has 0 fully saturated rings. The monoisotopic (exact) mass is 564 g/mol. The lowest BCUT2D eigenvalue weighted by Crippen LogP contribution is -2.08. The average Bonchev–Trinajstić information content (AvgIpc) is 3.38. The van der Waals surface area contributed by atoms with Crippen molar-refractivity contribution in [1.29, 1.82) is 0 Å². The Bertz CT molecular complexity index is 1760. The van der Waals surface area contributed by atoms with Gasteiger partial charge in [-0.2, -0.15) is 0 Å². The Kier molecular flexibility index (Phi) is 6.88. The SMILES string of the molecule is Cc1[nH]c(C=C2C(=O)Nc3cc(-c4ccc(F)cc4)ccc32)c(CCC(=O)O)c1S(=O)(=O)c1ccc(Cl)cc1. The molecule has 0 saturated heterocycles. The number of aromatic amines is 1. The molecule has 198 valence electrons. The number of fused-ring (bicyclic) bond motifs is 1. The molecule has 1 aliphatic heterocycles. The molecule has 0 aliphatic carbocycles. The lowest BCUT2D eigenvalue weighted by atomic mass is 9.99. The number of H-pyrrole nitrogens is 1. The minimum absolute atomic E-state index is 0.0158. The van der Waals surface area contributed by atoms with Crippen molar-refractivity contribution in [2.75, 3.05) is 5.32 Å². The van der Waals surface area contributed by atoms with Crippen LogP contribution in [0.2, 0.25) is 5.02 Å². The van der Waals surface area contributed by atoms with Crippen molar-refractivity contribution >= 4 is 50.7 Å². The second-order valence-electron chi connectivity index (χ2n) is 9.10. The van der Waals surface area contributed by atoms with Crippen molar-refractivity contribution in [3.8, 4) is 11.1 Å². The molecule has 3 N–H and O–H groups in total. The molecule has 2 heterocycles. The van der Waals surface area contributed by atoms with E-state index >= 15 is 0 Å². The van der Waals surface area contributed by atoms with Crippen LogP contribution in [0.25, 0.3) is 22.8 Å². The largest absolute Gasteiger partial charge is 0.481 e. The van der Waals surface area contributed by atoms with E-state index in [0.717, 1.165) is 11.1 Å². The molecule has 5 rings (SSSR count). The Hall–Kier alpha value is -4.21. The first-order chi connectivity index (χ1) is 18.5. The minimum atomic E-state index is -4.03. The highest BCUT2D eigenvalue weighted by molar-refractivity contribution is 7.91. The molecule has 0 unspecified atom stereocenters. The van der Waals surface area contributed by atoms with E-state index in [1.165, 1.54) is 36.4 Å². The number of carbonyl (C=O) groups excluding carboxylic acids is 1. The topological polar surface area (TPSA) is 116 Å². The normalized spacial score (nSPS) is 13.9. The van der Waals surface area contributed by atoms with Crippen LogP contribution in [0.5, 0.6) is 0 Å². The van der Waals surface area contributed by atoms with E-state index in [1.807, 2.05) is 6.07 Å². The van der Waals surface area contributed by atoms with Gasteiger partial charge < -0.3 is 15.4 Å². The molecule has 10 heteroatoms. The second-order valence-corrected chi connectivity index (χ2v) is 11.4. The zero-order valence-electron chi connectivity index (χ0n) is 20.6. The molecule has 0 saturated carbocycles. The maximum absolute atomic E-state index is 13.6. The number of aliphatic carboxylic acids is 1. The summed E-state index contributed by atoms with van der Waals surface area (Å²) in [6, 6.07) is 17.1. The number of aromatic nitrogens is 1. The fourth-order valence-corrected chi connectivity index (χ4v) is 6.53. The van der Waals surface area contributed by atoms with Crippen LogP contribution in [-0.2, 0) is 25.8 Å². The Balaban J connectivity index is 1.60. The molecule has 1 aromatic heterocycles. The zero-order valence-corrected chi connectivity index (χ0v) is 22.2. The van der Waals surface area contributed by atoms with Gasteiger partial charge in [-0.1, -0.05) is 35.9 Å². The highest BCUT2D eigenvalue weighted by Gasteiger charge is 2.30. The summed E-state index contributed by atoms with van der Waals surface area (Å²) in [6.45, 7) is 1.59. The van der Waals surface area contributed by atoms with Gasteiger partial charge in [0, 0.05) is 34.1 Å². The smallest absolute Gasteiger partial charge is 0.303 e. The van der Waals surface area contributed by atoms with Crippen molar-refractivity contribution < 1.29 is 27.5 Å². The highest BCUT2D eigenvalue weighted by atomic mass is 35.5. The predicted octanol–water partition coefficient (Wildman–Crippen LogP) is 6.13. The molecule has 7 nitrogen and oxygen atoms in total. The number of carboxylic acids is 1. The molecule has 0 radical (unpaired) electrons. The summed E-state index contributed by atoms with van der Waals surface area (Å²) < 4.78 is 40.5. The van der Waals surface area contributed by atoms with Crippen LogP contribution in [0.3, 0.4) is 0 Å². The number of halogens is 2. The van der Waals surface area contributed by atoms with E-state index in [4.69, 9.17) is 11.6 Å². The van der Waals surface area contributed by atoms with Gasteiger partial charge in [0.25, 0.3) is 5.91 Å². The minimum Gasteiger partial charge on any atom is -0.481 e. The van der Waals surface area contributed by atoms with Crippen LogP contribution in [0, 0.1) is 12.7 Å². The molecule has 39 heavy (non-hydrogen) atoms. The van der Waals surface area contributed by atoms with Gasteiger partial charge in [-0.15, -0.1) is 0 Å². The van der Waals surface area contributed by atoms with Gasteiger partial charge >= 0.3 is 5.97 Å². The van der Waals surface area contributed by atoms with Crippen LogP contribution in [0.15, 0.2) is 76.5 Å².